The van der Waals surface area contributed by atoms with E-state index in [-0.39, 0.29) is 43.8 Å². The number of imide groups is 1. The van der Waals surface area contributed by atoms with Crippen LogP contribution in [0.15, 0.2) is 18.3 Å². The Kier molecular flexibility index (Phi) is 5.31. The SMILES string of the molecule is N#Cc1ccnc(N2CCN(C(=O)NCCN3C(=O)CCC3=O)CC2)c1. The molecule has 0 bridgehead atoms. The van der Waals surface area contributed by atoms with Gasteiger partial charge in [0.15, 0.2) is 0 Å². The van der Waals surface area contributed by atoms with Crippen LogP contribution in [0.4, 0.5) is 10.6 Å². The van der Waals surface area contributed by atoms with E-state index in [1.54, 1.807) is 23.2 Å². The predicted octanol–water partition coefficient (Wildman–Crippen LogP) is -0.0661. The number of carbonyl (C=O) groups excluding carboxylic acids is 3. The molecule has 0 radical (unpaired) electrons. The van der Waals surface area contributed by atoms with Crippen LogP contribution in [0, 0.1) is 11.3 Å². The lowest BCUT2D eigenvalue weighted by atomic mass is 10.2. The summed E-state index contributed by atoms with van der Waals surface area (Å²) in [6.07, 6.45) is 2.12. The van der Waals surface area contributed by atoms with Crippen molar-refractivity contribution in [1.82, 2.24) is 20.1 Å². The number of likely N-dealkylation sites (tertiary alicyclic amines) is 1. The van der Waals surface area contributed by atoms with Crippen molar-refractivity contribution in [3.63, 3.8) is 0 Å². The number of rotatable bonds is 4. The van der Waals surface area contributed by atoms with Crippen LogP contribution in [-0.4, -0.2) is 71.9 Å². The number of nitriles is 1. The minimum absolute atomic E-state index is 0.176. The van der Waals surface area contributed by atoms with Gasteiger partial charge >= 0.3 is 6.03 Å². The summed E-state index contributed by atoms with van der Waals surface area (Å²) < 4.78 is 0. The van der Waals surface area contributed by atoms with Crippen molar-refractivity contribution in [2.75, 3.05) is 44.2 Å². The molecule has 9 nitrogen and oxygen atoms in total. The quantitative estimate of drug-likeness (QED) is 0.757. The molecular formula is C17H20N6O3. The number of piperazine rings is 1. The number of nitrogens with one attached hydrogen (secondary N) is 1. The van der Waals surface area contributed by atoms with E-state index >= 15 is 0 Å². The van der Waals surface area contributed by atoms with Gasteiger partial charge in [-0.2, -0.15) is 5.26 Å². The summed E-state index contributed by atoms with van der Waals surface area (Å²) in [5.41, 5.74) is 0.557. The second-order valence-electron chi connectivity index (χ2n) is 6.16. The first-order valence-corrected chi connectivity index (χ1v) is 8.55. The number of urea groups is 1. The largest absolute Gasteiger partial charge is 0.353 e. The molecule has 0 aliphatic carbocycles. The van der Waals surface area contributed by atoms with Gasteiger partial charge in [-0.1, -0.05) is 0 Å². The van der Waals surface area contributed by atoms with Crippen LogP contribution >= 0.6 is 0 Å². The molecule has 1 N–H and O–H groups in total. The fraction of sp³-hybridized carbons (Fsp3) is 0.471. The van der Waals surface area contributed by atoms with Crippen molar-refractivity contribution in [1.29, 1.82) is 5.26 Å². The molecule has 2 saturated heterocycles. The molecule has 2 aliphatic rings. The Morgan fingerprint density at radius 2 is 1.88 bits per heavy atom. The van der Waals surface area contributed by atoms with Gasteiger partial charge in [-0.3, -0.25) is 14.5 Å². The van der Waals surface area contributed by atoms with Gasteiger partial charge in [0.05, 0.1) is 11.6 Å². The highest BCUT2D eigenvalue weighted by Gasteiger charge is 2.28. The van der Waals surface area contributed by atoms with Crippen molar-refractivity contribution < 1.29 is 14.4 Å². The first kappa shape index (κ1) is 17.7. The van der Waals surface area contributed by atoms with Crippen LogP contribution in [-0.2, 0) is 9.59 Å². The summed E-state index contributed by atoms with van der Waals surface area (Å²) in [6, 6.07) is 5.28. The number of nitrogens with zero attached hydrogens (tertiary/aromatic N) is 5. The number of anilines is 1. The van der Waals surface area contributed by atoms with Crippen LogP contribution in [0.25, 0.3) is 0 Å². The average molecular weight is 356 g/mol. The lowest BCUT2D eigenvalue weighted by Crippen LogP contribution is -2.52. The van der Waals surface area contributed by atoms with E-state index in [4.69, 9.17) is 5.26 Å². The monoisotopic (exact) mass is 356 g/mol. The molecule has 0 saturated carbocycles. The maximum atomic E-state index is 12.2. The van der Waals surface area contributed by atoms with E-state index in [1.165, 1.54) is 4.90 Å². The van der Waals surface area contributed by atoms with Crippen LogP contribution in [0.1, 0.15) is 18.4 Å². The Hall–Kier alpha value is -3.15. The Morgan fingerprint density at radius 1 is 1.19 bits per heavy atom. The second kappa shape index (κ2) is 7.82. The molecule has 2 aliphatic heterocycles. The van der Waals surface area contributed by atoms with Crippen molar-refractivity contribution in [3.05, 3.63) is 23.9 Å². The topological polar surface area (TPSA) is 110 Å². The second-order valence-corrected chi connectivity index (χ2v) is 6.16. The highest BCUT2D eigenvalue weighted by molar-refractivity contribution is 6.01. The zero-order valence-electron chi connectivity index (χ0n) is 14.3. The Balaban J connectivity index is 1.44. The number of hydrogen-bond acceptors (Lipinski definition) is 6. The molecule has 1 aromatic rings. The minimum atomic E-state index is -0.206. The van der Waals surface area contributed by atoms with Gasteiger partial charge < -0.3 is 15.1 Å². The number of carbonyl (C=O) groups is 3. The molecule has 4 amide bonds. The molecule has 26 heavy (non-hydrogen) atoms. The van der Waals surface area contributed by atoms with Crippen LogP contribution in [0.2, 0.25) is 0 Å². The maximum absolute atomic E-state index is 12.2. The lowest BCUT2D eigenvalue weighted by Gasteiger charge is -2.35. The van der Waals surface area contributed by atoms with E-state index in [2.05, 4.69) is 16.4 Å². The normalized spacial score (nSPS) is 17.4. The van der Waals surface area contributed by atoms with Gasteiger partial charge in [0.2, 0.25) is 11.8 Å². The van der Waals surface area contributed by atoms with E-state index in [0.717, 1.165) is 5.82 Å². The summed E-state index contributed by atoms with van der Waals surface area (Å²) in [6.45, 7) is 2.78. The highest BCUT2D eigenvalue weighted by atomic mass is 16.2. The predicted molar refractivity (Wildman–Crippen MR) is 92.1 cm³/mol. The Morgan fingerprint density at radius 3 is 2.54 bits per heavy atom. The number of amides is 4. The molecule has 3 rings (SSSR count). The Bertz CT molecular complexity index is 735. The van der Waals surface area contributed by atoms with E-state index < -0.39 is 0 Å². The van der Waals surface area contributed by atoms with Gasteiger partial charge in [0, 0.05) is 58.3 Å². The molecule has 136 valence electrons. The zero-order valence-corrected chi connectivity index (χ0v) is 14.3. The third kappa shape index (κ3) is 3.91. The molecule has 0 aromatic carbocycles. The van der Waals surface area contributed by atoms with Crippen LogP contribution < -0.4 is 10.2 Å². The molecule has 1 aromatic heterocycles. The van der Waals surface area contributed by atoms with Gasteiger partial charge in [-0.15, -0.1) is 0 Å². The van der Waals surface area contributed by atoms with Crippen LogP contribution in [0.5, 0.6) is 0 Å². The molecular weight excluding hydrogens is 336 g/mol. The maximum Gasteiger partial charge on any atom is 0.317 e. The van der Waals surface area contributed by atoms with Crippen molar-refractivity contribution >= 4 is 23.7 Å². The standard InChI is InChI=1S/C17H20N6O3/c18-12-13-3-4-19-14(11-13)21-7-9-22(10-8-21)17(26)20-5-6-23-15(24)1-2-16(23)25/h3-4,11H,1-2,5-10H2,(H,20,26). The summed E-state index contributed by atoms with van der Waals surface area (Å²) >= 11 is 0. The summed E-state index contributed by atoms with van der Waals surface area (Å²) in [4.78, 5) is 44.5. The van der Waals surface area contributed by atoms with E-state index in [9.17, 15) is 14.4 Å². The summed E-state index contributed by atoms with van der Waals surface area (Å²) in [7, 11) is 0. The molecule has 0 unspecified atom stereocenters. The summed E-state index contributed by atoms with van der Waals surface area (Å²) in [5, 5.41) is 11.7. The lowest BCUT2D eigenvalue weighted by molar-refractivity contribution is -0.138. The number of aromatic nitrogens is 1. The fourth-order valence-corrected chi connectivity index (χ4v) is 3.06. The third-order valence-corrected chi connectivity index (χ3v) is 4.53. The first-order valence-electron chi connectivity index (χ1n) is 8.55. The summed E-state index contributed by atoms with van der Waals surface area (Å²) in [5.74, 6) is 0.380. The molecule has 9 heteroatoms. The van der Waals surface area contributed by atoms with Crippen molar-refractivity contribution in [2.24, 2.45) is 0 Å². The fourth-order valence-electron chi connectivity index (χ4n) is 3.06. The van der Waals surface area contributed by atoms with Gasteiger partial charge in [0.25, 0.3) is 0 Å². The third-order valence-electron chi connectivity index (χ3n) is 4.53. The number of hydrogen-bond donors (Lipinski definition) is 1. The average Bonchev–Trinajstić information content (AvgIpc) is 3.00. The van der Waals surface area contributed by atoms with Gasteiger partial charge in [0.1, 0.15) is 5.82 Å². The molecule has 0 atom stereocenters. The number of pyridine rings is 1. The van der Waals surface area contributed by atoms with E-state index in [0.29, 0.717) is 31.7 Å². The van der Waals surface area contributed by atoms with Crippen LogP contribution in [0.3, 0.4) is 0 Å². The Labute approximate surface area is 151 Å². The van der Waals surface area contributed by atoms with Crippen molar-refractivity contribution in [3.8, 4) is 6.07 Å². The molecule has 3 heterocycles. The smallest absolute Gasteiger partial charge is 0.317 e. The first-order chi connectivity index (χ1) is 12.6. The zero-order chi connectivity index (χ0) is 18.5. The highest BCUT2D eigenvalue weighted by Crippen LogP contribution is 2.15. The molecule has 2 fully saturated rings. The molecule has 0 spiro atoms. The van der Waals surface area contributed by atoms with E-state index in [1.807, 2.05) is 4.90 Å². The van der Waals surface area contributed by atoms with Gasteiger partial charge in [-0.25, -0.2) is 9.78 Å². The van der Waals surface area contributed by atoms with Crippen molar-refractivity contribution in [2.45, 2.75) is 12.8 Å². The minimum Gasteiger partial charge on any atom is -0.353 e. The van der Waals surface area contributed by atoms with Gasteiger partial charge in [-0.05, 0) is 12.1 Å².